The minimum Gasteiger partial charge on any atom is -0.461 e. The van der Waals surface area contributed by atoms with E-state index in [9.17, 15) is 19.7 Å². The van der Waals surface area contributed by atoms with Gasteiger partial charge in [-0.15, -0.1) is 0 Å². The number of fused-ring (bicyclic) bond motifs is 1. The summed E-state index contributed by atoms with van der Waals surface area (Å²) in [6.45, 7) is 1.86. The molecule has 0 saturated carbocycles. The Labute approximate surface area is 159 Å². The maximum absolute atomic E-state index is 12.3. The number of benzene rings is 1. The maximum Gasteiger partial charge on any atom is 0.360 e. The van der Waals surface area contributed by atoms with Gasteiger partial charge in [-0.05, 0) is 42.8 Å². The monoisotopic (exact) mass is 380 g/mol. The number of rotatable bonds is 6. The van der Waals surface area contributed by atoms with Crippen LogP contribution in [-0.2, 0) is 9.53 Å². The molecule has 1 aromatic carbocycles. The zero-order valence-corrected chi connectivity index (χ0v) is 14.9. The number of carbonyl (C=O) groups is 2. The lowest BCUT2D eigenvalue weighted by atomic mass is 10.2. The van der Waals surface area contributed by atoms with Gasteiger partial charge in [-0.1, -0.05) is 6.07 Å². The number of nitro benzene ring substituents is 1. The van der Waals surface area contributed by atoms with E-state index in [1.165, 1.54) is 36.4 Å². The number of ether oxygens (including phenoxy) is 1. The van der Waals surface area contributed by atoms with Crippen molar-refractivity contribution in [3.63, 3.8) is 0 Å². The lowest BCUT2D eigenvalue weighted by Gasteiger charge is -2.05. The average molecular weight is 380 g/mol. The molecule has 3 aromatic rings. The van der Waals surface area contributed by atoms with E-state index in [2.05, 4.69) is 10.3 Å². The van der Waals surface area contributed by atoms with Gasteiger partial charge in [0, 0.05) is 24.4 Å². The normalized spacial score (nSPS) is 10.9. The number of amides is 1. The summed E-state index contributed by atoms with van der Waals surface area (Å²) >= 11 is 0. The van der Waals surface area contributed by atoms with E-state index in [0.717, 1.165) is 0 Å². The van der Waals surface area contributed by atoms with E-state index < -0.39 is 16.8 Å². The van der Waals surface area contributed by atoms with Crippen LogP contribution in [0.3, 0.4) is 0 Å². The highest BCUT2D eigenvalue weighted by atomic mass is 16.6. The summed E-state index contributed by atoms with van der Waals surface area (Å²) in [5.74, 6) is -0.928. The van der Waals surface area contributed by atoms with E-state index in [4.69, 9.17) is 4.74 Å². The largest absolute Gasteiger partial charge is 0.461 e. The van der Waals surface area contributed by atoms with Gasteiger partial charge in [0.25, 0.3) is 5.69 Å². The Morgan fingerprint density at radius 3 is 2.68 bits per heavy atom. The summed E-state index contributed by atoms with van der Waals surface area (Å²) < 4.78 is 6.57. The molecule has 0 fully saturated rings. The molecule has 0 aliphatic carbocycles. The van der Waals surface area contributed by atoms with Crippen LogP contribution in [0.25, 0.3) is 11.7 Å². The number of aromatic nitrogens is 2. The van der Waals surface area contributed by atoms with Crippen molar-refractivity contribution in [2.75, 3.05) is 11.9 Å². The van der Waals surface area contributed by atoms with Crippen molar-refractivity contribution in [2.45, 2.75) is 6.92 Å². The molecule has 0 radical (unpaired) electrons. The minimum absolute atomic E-state index is 0.00476. The predicted octanol–water partition coefficient (Wildman–Crippen LogP) is 3.07. The molecule has 0 unspecified atom stereocenters. The third-order valence-corrected chi connectivity index (χ3v) is 3.77. The van der Waals surface area contributed by atoms with Crippen molar-refractivity contribution in [3.8, 4) is 0 Å². The Morgan fingerprint density at radius 1 is 1.25 bits per heavy atom. The summed E-state index contributed by atoms with van der Waals surface area (Å²) in [5.41, 5.74) is 1.07. The second-order valence-electron chi connectivity index (χ2n) is 5.63. The highest BCUT2D eigenvalue weighted by Gasteiger charge is 2.21. The van der Waals surface area contributed by atoms with Gasteiger partial charge in [0.05, 0.1) is 11.5 Å². The Morgan fingerprint density at radius 2 is 2.00 bits per heavy atom. The van der Waals surface area contributed by atoms with Crippen LogP contribution in [0.1, 0.15) is 23.0 Å². The lowest BCUT2D eigenvalue weighted by Crippen LogP contribution is -2.14. The molecule has 0 aliphatic heterocycles. The summed E-state index contributed by atoms with van der Waals surface area (Å²) in [6, 6.07) is 11.0. The van der Waals surface area contributed by atoms with E-state index in [-0.39, 0.29) is 23.8 Å². The number of anilines is 1. The summed E-state index contributed by atoms with van der Waals surface area (Å²) in [4.78, 5) is 38.9. The van der Waals surface area contributed by atoms with Crippen LogP contribution in [0.15, 0.2) is 54.7 Å². The first-order chi connectivity index (χ1) is 13.5. The van der Waals surface area contributed by atoms with Crippen LogP contribution < -0.4 is 5.32 Å². The van der Waals surface area contributed by atoms with Gasteiger partial charge >= 0.3 is 5.97 Å². The Kier molecular flexibility index (Phi) is 5.45. The van der Waals surface area contributed by atoms with Crippen molar-refractivity contribution in [3.05, 3.63) is 76.1 Å². The van der Waals surface area contributed by atoms with Crippen molar-refractivity contribution < 1.29 is 19.2 Å². The topological polar surface area (TPSA) is 116 Å². The Balaban J connectivity index is 1.83. The van der Waals surface area contributed by atoms with Crippen LogP contribution >= 0.6 is 0 Å². The third-order valence-electron chi connectivity index (χ3n) is 3.77. The van der Waals surface area contributed by atoms with Gasteiger partial charge in [-0.25, -0.2) is 9.78 Å². The second kappa shape index (κ2) is 8.12. The van der Waals surface area contributed by atoms with E-state index in [1.807, 2.05) is 0 Å². The van der Waals surface area contributed by atoms with Crippen molar-refractivity contribution in [1.29, 1.82) is 0 Å². The highest BCUT2D eigenvalue weighted by molar-refractivity contribution is 6.05. The molecule has 9 nitrogen and oxygen atoms in total. The number of nitro groups is 1. The van der Waals surface area contributed by atoms with E-state index >= 15 is 0 Å². The molecule has 0 saturated heterocycles. The molecule has 1 N–H and O–H groups in total. The molecule has 0 aliphatic rings. The Bertz CT molecular complexity index is 1070. The molecule has 2 aromatic heterocycles. The summed E-state index contributed by atoms with van der Waals surface area (Å²) in [5, 5.41) is 13.3. The first-order valence-corrected chi connectivity index (χ1v) is 8.37. The van der Waals surface area contributed by atoms with Crippen LogP contribution in [0.5, 0.6) is 0 Å². The van der Waals surface area contributed by atoms with Gasteiger partial charge in [0.15, 0.2) is 11.5 Å². The number of non-ortho nitro benzene ring substituents is 1. The SMILES string of the molecule is CCOC(=O)c1nc2ccccn2c1NC(=O)/C=C/c1ccc([N+](=O)[O-])cc1. The van der Waals surface area contributed by atoms with Crippen molar-refractivity contribution in [1.82, 2.24) is 9.38 Å². The molecule has 1 amide bonds. The van der Waals surface area contributed by atoms with Crippen LogP contribution in [0.2, 0.25) is 0 Å². The zero-order valence-electron chi connectivity index (χ0n) is 14.9. The first kappa shape index (κ1) is 18.8. The third kappa shape index (κ3) is 4.04. The first-order valence-electron chi connectivity index (χ1n) is 8.37. The molecular weight excluding hydrogens is 364 g/mol. The summed E-state index contributed by atoms with van der Waals surface area (Å²) in [7, 11) is 0. The van der Waals surface area contributed by atoms with Crippen molar-refractivity contribution in [2.24, 2.45) is 0 Å². The number of imidazole rings is 1. The van der Waals surface area contributed by atoms with Gasteiger partial charge in [-0.3, -0.25) is 19.3 Å². The molecule has 0 bridgehead atoms. The number of pyridine rings is 1. The van der Waals surface area contributed by atoms with Crippen LogP contribution in [-0.4, -0.2) is 32.8 Å². The quantitative estimate of drug-likeness (QED) is 0.304. The van der Waals surface area contributed by atoms with E-state index in [1.54, 1.807) is 35.7 Å². The fourth-order valence-corrected chi connectivity index (χ4v) is 2.49. The fourth-order valence-electron chi connectivity index (χ4n) is 2.49. The standard InChI is InChI=1S/C19H16N4O5/c1-2-28-19(25)17-18(22-12-4-3-5-15(22)20-17)21-16(24)11-8-13-6-9-14(10-7-13)23(26)27/h3-12H,2H2,1H3,(H,21,24)/b11-8+. The molecule has 0 atom stereocenters. The minimum atomic E-state index is -0.638. The van der Waals surface area contributed by atoms with E-state index in [0.29, 0.717) is 11.2 Å². The van der Waals surface area contributed by atoms with Crippen molar-refractivity contribution >= 4 is 35.1 Å². The van der Waals surface area contributed by atoms with Gasteiger partial charge in [0.2, 0.25) is 5.91 Å². The predicted molar refractivity (Wildman–Crippen MR) is 102 cm³/mol. The number of carbonyl (C=O) groups excluding carboxylic acids is 2. The number of esters is 1. The van der Waals surface area contributed by atoms with Crippen LogP contribution in [0.4, 0.5) is 11.5 Å². The smallest absolute Gasteiger partial charge is 0.360 e. The Hall–Kier alpha value is -4.01. The van der Waals surface area contributed by atoms with Crippen LogP contribution in [0, 0.1) is 10.1 Å². The number of hydrogen-bond acceptors (Lipinski definition) is 6. The molecular formula is C19H16N4O5. The molecule has 28 heavy (non-hydrogen) atoms. The van der Waals surface area contributed by atoms with Gasteiger partial charge in [0.1, 0.15) is 5.65 Å². The highest BCUT2D eigenvalue weighted by Crippen LogP contribution is 2.19. The molecule has 142 valence electrons. The van der Waals surface area contributed by atoms with Gasteiger partial charge < -0.3 is 10.1 Å². The summed E-state index contributed by atoms with van der Waals surface area (Å²) in [6.07, 6.45) is 4.44. The molecule has 0 spiro atoms. The average Bonchev–Trinajstić information content (AvgIpc) is 3.05. The number of hydrogen-bond donors (Lipinski definition) is 1. The second-order valence-corrected chi connectivity index (χ2v) is 5.63. The molecule has 2 heterocycles. The fraction of sp³-hybridized carbons (Fsp3) is 0.105. The number of nitrogens with one attached hydrogen (secondary N) is 1. The zero-order chi connectivity index (χ0) is 20.1. The molecule has 9 heteroatoms. The number of nitrogens with zero attached hydrogens (tertiary/aromatic N) is 3. The molecule has 3 rings (SSSR count). The lowest BCUT2D eigenvalue weighted by molar-refractivity contribution is -0.384. The van der Waals surface area contributed by atoms with Gasteiger partial charge in [-0.2, -0.15) is 0 Å². The maximum atomic E-state index is 12.3.